The summed E-state index contributed by atoms with van der Waals surface area (Å²) in [6.45, 7) is 0. The highest BCUT2D eigenvalue weighted by Crippen LogP contribution is 2.23. The number of aromatic nitrogens is 2. The van der Waals surface area contributed by atoms with Gasteiger partial charge in [0.1, 0.15) is 5.15 Å². The molecule has 4 heteroatoms. The minimum atomic E-state index is 0.557. The van der Waals surface area contributed by atoms with Crippen LogP contribution in [0.25, 0.3) is 10.9 Å². The molecule has 0 spiro atoms. The van der Waals surface area contributed by atoms with Gasteiger partial charge in [-0.05, 0) is 28.7 Å². The molecular weight excluding hydrogens is 274 g/mol. The van der Waals surface area contributed by atoms with Crippen LogP contribution in [0.3, 0.4) is 0 Å². The van der Waals surface area contributed by atoms with E-state index in [1.807, 2.05) is 12.3 Å². The van der Waals surface area contributed by atoms with Gasteiger partial charge in [-0.3, -0.25) is 0 Å². The van der Waals surface area contributed by atoms with E-state index in [0.717, 1.165) is 14.5 Å². The monoisotopic (exact) mass is 278 g/mol. The Morgan fingerprint density at radius 2 is 2.36 bits per heavy atom. The van der Waals surface area contributed by atoms with E-state index in [1.54, 1.807) is 6.20 Å². The second kappa shape index (κ2) is 2.64. The SMILES string of the molecule is Clc1ncc(I)c2[nH]ccc12. The molecule has 0 saturated heterocycles. The molecule has 2 aromatic heterocycles. The Labute approximate surface area is 82.1 Å². The second-order valence-electron chi connectivity index (χ2n) is 2.16. The zero-order chi connectivity index (χ0) is 7.84. The van der Waals surface area contributed by atoms with E-state index in [2.05, 4.69) is 32.6 Å². The van der Waals surface area contributed by atoms with Crippen molar-refractivity contribution in [3.05, 3.63) is 27.2 Å². The molecule has 0 unspecified atom stereocenters. The summed E-state index contributed by atoms with van der Waals surface area (Å²) in [4.78, 5) is 7.11. The number of aromatic amines is 1. The van der Waals surface area contributed by atoms with Crippen molar-refractivity contribution in [2.24, 2.45) is 0 Å². The van der Waals surface area contributed by atoms with E-state index in [9.17, 15) is 0 Å². The van der Waals surface area contributed by atoms with E-state index in [-0.39, 0.29) is 0 Å². The molecule has 2 nitrogen and oxygen atoms in total. The molecule has 0 aliphatic carbocycles. The fourth-order valence-electron chi connectivity index (χ4n) is 0.986. The van der Waals surface area contributed by atoms with E-state index in [0.29, 0.717) is 5.15 Å². The van der Waals surface area contributed by atoms with Gasteiger partial charge < -0.3 is 4.98 Å². The molecule has 0 aromatic carbocycles. The summed E-state index contributed by atoms with van der Waals surface area (Å²) in [5, 5.41) is 1.54. The average Bonchev–Trinajstić information content (AvgIpc) is 2.45. The predicted molar refractivity (Wildman–Crippen MR) is 53.8 cm³/mol. The van der Waals surface area contributed by atoms with Crippen LogP contribution in [0.4, 0.5) is 0 Å². The Hall–Kier alpha value is -0.290. The molecule has 0 fully saturated rings. The van der Waals surface area contributed by atoms with Crippen molar-refractivity contribution in [2.45, 2.75) is 0 Å². The molecule has 0 aliphatic heterocycles. The first-order valence-corrected chi connectivity index (χ1v) is 4.52. The lowest BCUT2D eigenvalue weighted by atomic mass is 10.3. The normalized spacial score (nSPS) is 10.7. The van der Waals surface area contributed by atoms with Gasteiger partial charge in [0.05, 0.1) is 9.09 Å². The van der Waals surface area contributed by atoms with Gasteiger partial charge in [0.25, 0.3) is 0 Å². The minimum absolute atomic E-state index is 0.557. The van der Waals surface area contributed by atoms with E-state index in [1.165, 1.54) is 0 Å². The van der Waals surface area contributed by atoms with Crippen molar-refractivity contribution in [1.82, 2.24) is 9.97 Å². The standard InChI is InChI=1S/C7H4ClIN2/c8-7-4-1-2-10-6(4)5(9)3-11-7/h1-3,10H. The largest absolute Gasteiger partial charge is 0.360 e. The lowest BCUT2D eigenvalue weighted by Gasteiger charge is -1.94. The highest BCUT2D eigenvalue weighted by molar-refractivity contribution is 14.1. The van der Waals surface area contributed by atoms with E-state index < -0.39 is 0 Å². The Kier molecular flexibility index (Phi) is 1.77. The first-order chi connectivity index (χ1) is 5.29. The summed E-state index contributed by atoms with van der Waals surface area (Å²) in [6, 6.07) is 1.92. The zero-order valence-corrected chi connectivity index (χ0v) is 8.35. The minimum Gasteiger partial charge on any atom is -0.360 e. The quantitative estimate of drug-likeness (QED) is 0.582. The molecule has 11 heavy (non-hydrogen) atoms. The molecule has 1 N–H and O–H groups in total. The van der Waals surface area contributed by atoms with Crippen LogP contribution in [0.15, 0.2) is 18.5 Å². The maximum atomic E-state index is 5.84. The summed E-state index contributed by atoms with van der Waals surface area (Å²) in [5.41, 5.74) is 1.06. The van der Waals surface area contributed by atoms with Crippen LogP contribution in [-0.2, 0) is 0 Å². The zero-order valence-electron chi connectivity index (χ0n) is 5.44. The summed E-state index contributed by atoms with van der Waals surface area (Å²) >= 11 is 8.05. The van der Waals surface area contributed by atoms with Crippen LogP contribution in [-0.4, -0.2) is 9.97 Å². The van der Waals surface area contributed by atoms with Crippen LogP contribution in [0.2, 0.25) is 5.15 Å². The summed E-state index contributed by atoms with van der Waals surface area (Å²) in [6.07, 6.45) is 3.61. The number of nitrogens with one attached hydrogen (secondary N) is 1. The molecule has 0 bridgehead atoms. The third kappa shape index (κ3) is 1.12. The van der Waals surface area contributed by atoms with Gasteiger partial charge in [-0.25, -0.2) is 4.98 Å². The molecular formula is C7H4ClIN2. The Balaban J connectivity index is 2.96. The number of nitrogens with zero attached hydrogens (tertiary/aromatic N) is 1. The Morgan fingerprint density at radius 1 is 1.55 bits per heavy atom. The van der Waals surface area contributed by atoms with Gasteiger partial charge >= 0.3 is 0 Å². The van der Waals surface area contributed by atoms with Gasteiger partial charge in [-0.2, -0.15) is 0 Å². The van der Waals surface area contributed by atoms with Crippen molar-refractivity contribution in [3.8, 4) is 0 Å². The average molecular weight is 278 g/mol. The first-order valence-electron chi connectivity index (χ1n) is 3.06. The Bertz CT molecular complexity index is 360. The van der Waals surface area contributed by atoms with Crippen molar-refractivity contribution in [1.29, 1.82) is 0 Å². The van der Waals surface area contributed by atoms with Gasteiger partial charge in [0, 0.05) is 17.8 Å². The van der Waals surface area contributed by atoms with Crippen molar-refractivity contribution < 1.29 is 0 Å². The van der Waals surface area contributed by atoms with Gasteiger partial charge in [0.15, 0.2) is 0 Å². The number of pyridine rings is 1. The maximum absolute atomic E-state index is 5.84. The lowest BCUT2D eigenvalue weighted by molar-refractivity contribution is 1.33. The lowest BCUT2D eigenvalue weighted by Crippen LogP contribution is -1.80. The fraction of sp³-hybridized carbons (Fsp3) is 0. The van der Waals surface area contributed by atoms with Crippen molar-refractivity contribution >= 4 is 45.1 Å². The number of rotatable bonds is 0. The van der Waals surface area contributed by atoms with E-state index in [4.69, 9.17) is 11.6 Å². The predicted octanol–water partition coefficient (Wildman–Crippen LogP) is 2.82. The summed E-state index contributed by atoms with van der Waals surface area (Å²) in [7, 11) is 0. The second-order valence-corrected chi connectivity index (χ2v) is 3.68. The highest BCUT2D eigenvalue weighted by atomic mass is 127. The van der Waals surface area contributed by atoms with E-state index >= 15 is 0 Å². The number of hydrogen-bond acceptors (Lipinski definition) is 1. The van der Waals surface area contributed by atoms with Crippen LogP contribution in [0, 0.1) is 3.57 Å². The maximum Gasteiger partial charge on any atom is 0.138 e. The smallest absolute Gasteiger partial charge is 0.138 e. The third-order valence-corrected chi connectivity index (χ3v) is 2.62. The van der Waals surface area contributed by atoms with Gasteiger partial charge in [-0.15, -0.1) is 0 Å². The summed E-state index contributed by atoms with van der Waals surface area (Å²) < 4.78 is 1.09. The Morgan fingerprint density at radius 3 is 3.09 bits per heavy atom. The molecule has 0 amide bonds. The van der Waals surface area contributed by atoms with Crippen LogP contribution >= 0.6 is 34.2 Å². The molecule has 2 heterocycles. The molecule has 0 radical (unpaired) electrons. The third-order valence-electron chi connectivity index (χ3n) is 1.50. The molecule has 2 rings (SSSR count). The number of hydrogen-bond donors (Lipinski definition) is 1. The molecule has 2 aromatic rings. The topological polar surface area (TPSA) is 28.7 Å². The number of halogens is 2. The van der Waals surface area contributed by atoms with Crippen molar-refractivity contribution in [2.75, 3.05) is 0 Å². The number of fused-ring (bicyclic) bond motifs is 1. The van der Waals surface area contributed by atoms with Crippen LogP contribution < -0.4 is 0 Å². The fourth-order valence-corrected chi connectivity index (χ4v) is 1.78. The van der Waals surface area contributed by atoms with Crippen LogP contribution in [0.1, 0.15) is 0 Å². The molecule has 0 aliphatic rings. The van der Waals surface area contributed by atoms with Crippen LogP contribution in [0.5, 0.6) is 0 Å². The highest BCUT2D eigenvalue weighted by Gasteiger charge is 2.03. The van der Waals surface area contributed by atoms with Gasteiger partial charge in [-0.1, -0.05) is 11.6 Å². The first kappa shape index (κ1) is 7.36. The van der Waals surface area contributed by atoms with Crippen molar-refractivity contribution in [3.63, 3.8) is 0 Å². The molecule has 0 saturated carbocycles. The van der Waals surface area contributed by atoms with Gasteiger partial charge in [0.2, 0.25) is 0 Å². The molecule has 56 valence electrons. The molecule has 0 atom stereocenters. The summed E-state index contributed by atoms with van der Waals surface area (Å²) in [5.74, 6) is 0. The number of H-pyrrole nitrogens is 1.